The van der Waals surface area contributed by atoms with Crippen LogP contribution in [-0.4, -0.2) is 208 Å². The average Bonchev–Trinajstić information content (AvgIpc) is 1.66. The Kier molecular flexibility index (Phi) is 28.0. The summed E-state index contributed by atoms with van der Waals surface area (Å²) in [5, 5.41) is 41.6. The highest BCUT2D eigenvalue weighted by molar-refractivity contribution is 14.1. The molecule has 4 fully saturated rings. The molecule has 4 saturated heterocycles. The van der Waals surface area contributed by atoms with E-state index in [0.717, 1.165) is 33.3 Å². The summed E-state index contributed by atoms with van der Waals surface area (Å²) in [7, 11) is 2.61. The van der Waals surface area contributed by atoms with Gasteiger partial charge < -0.3 is 79.2 Å². The number of aliphatic hydroxyl groups excluding tert-OH is 4. The van der Waals surface area contributed by atoms with Gasteiger partial charge >= 0.3 is 36.8 Å². The van der Waals surface area contributed by atoms with Crippen molar-refractivity contribution in [3.63, 3.8) is 0 Å². The van der Waals surface area contributed by atoms with Crippen LogP contribution in [-0.2, 0) is 94.8 Å². The molecule has 4 aliphatic heterocycles. The van der Waals surface area contributed by atoms with Gasteiger partial charge in [0.2, 0.25) is 0 Å². The molecule has 0 aliphatic carbocycles. The number of aromatic nitrogens is 12. The van der Waals surface area contributed by atoms with Crippen LogP contribution in [0.3, 0.4) is 0 Å². The fourth-order valence-corrected chi connectivity index (χ4v) is 16.3. The first-order chi connectivity index (χ1) is 50.3. The lowest BCUT2D eigenvalue weighted by atomic mass is 10.0. The Morgan fingerprint density at radius 2 is 1.07 bits per heavy atom. The number of hydrogen-bond acceptors (Lipinski definition) is 33. The van der Waals surface area contributed by atoms with Gasteiger partial charge in [0.15, 0.2) is 35.4 Å². The number of rotatable bonds is 28. The fraction of sp³-hybridized carbons (Fsp3) is 0.484. The minimum absolute atomic E-state index is 0.0628. The van der Waals surface area contributed by atoms with E-state index in [2.05, 4.69) is 39.9 Å². The third-order valence-electron chi connectivity index (χ3n) is 17.0. The monoisotopic (exact) mass is 1650 g/mol. The Hall–Kier alpha value is -7.20. The van der Waals surface area contributed by atoms with Gasteiger partial charge in [0.1, 0.15) is 95.5 Å². The summed E-state index contributed by atoms with van der Waals surface area (Å²) in [6, 6.07) is 21.6. The number of imidazole rings is 2. The van der Waals surface area contributed by atoms with Crippen LogP contribution in [0.2, 0.25) is 0 Å². The van der Waals surface area contributed by atoms with Crippen molar-refractivity contribution in [3.8, 4) is 0 Å². The summed E-state index contributed by atoms with van der Waals surface area (Å²) >= 11 is 7.75. The van der Waals surface area contributed by atoms with E-state index in [4.69, 9.17) is 79.3 Å². The number of aromatic amines is 2. The molecule has 38 nitrogen and oxygen atoms in total. The van der Waals surface area contributed by atoms with Gasteiger partial charge in [-0.1, -0.05) is 74.5 Å². The number of H-pyrrole nitrogens is 2. The van der Waals surface area contributed by atoms with Crippen LogP contribution >= 0.6 is 47.5 Å². The van der Waals surface area contributed by atoms with E-state index in [0.29, 0.717) is 44.7 Å². The molecule has 0 saturated carbocycles. The Bertz CT molecular complexity index is 4590. The summed E-state index contributed by atoms with van der Waals surface area (Å²) in [6.45, 7) is -6.79. The largest absolute Gasteiger partial charge is 0.455 e. The van der Waals surface area contributed by atoms with Crippen molar-refractivity contribution in [2.24, 2.45) is 11.8 Å². The van der Waals surface area contributed by atoms with Gasteiger partial charge in [-0.2, -0.15) is 0 Å². The number of fused-ring (bicyclic) bond motifs is 2. The molecular formula is C62H77IN14O24P2S2. The van der Waals surface area contributed by atoms with E-state index in [9.17, 15) is 58.7 Å². The topological polar surface area (TPSA) is 512 Å². The van der Waals surface area contributed by atoms with Gasteiger partial charge in [-0.25, -0.2) is 44.1 Å². The molecule has 568 valence electrons. The Morgan fingerprint density at radius 1 is 0.629 bits per heavy atom. The highest BCUT2D eigenvalue weighted by Gasteiger charge is 2.52. The van der Waals surface area contributed by atoms with Crippen molar-refractivity contribution < 1.29 is 95.5 Å². The molecule has 12 rings (SSSR count). The molecule has 43 heteroatoms. The maximum absolute atomic E-state index is 14.5. The highest BCUT2D eigenvalue weighted by Crippen LogP contribution is 2.63. The summed E-state index contributed by atoms with van der Waals surface area (Å²) < 4.78 is 88.3. The van der Waals surface area contributed by atoms with Gasteiger partial charge in [0.25, 0.3) is 11.1 Å². The number of anilines is 2. The summed E-state index contributed by atoms with van der Waals surface area (Å²) in [6.07, 6.45) is -5.20. The van der Waals surface area contributed by atoms with Gasteiger partial charge in [0.05, 0.1) is 63.1 Å². The predicted molar refractivity (Wildman–Crippen MR) is 383 cm³/mol. The lowest BCUT2D eigenvalue weighted by Crippen LogP contribution is -2.40. The smallest absolute Gasteiger partial charge is 0.392 e. The number of halogens is 1. The van der Waals surface area contributed by atoms with E-state index < -0.39 is 160 Å². The predicted octanol–water partition coefficient (Wildman–Crippen LogP) is 2.07. The molecule has 6 aromatic heterocycles. The molecule has 0 bridgehead atoms. The third kappa shape index (κ3) is 20.0. The van der Waals surface area contributed by atoms with Crippen molar-refractivity contribution in [1.29, 1.82) is 0 Å². The van der Waals surface area contributed by atoms with Crippen molar-refractivity contribution in [2.45, 2.75) is 125 Å². The lowest BCUT2D eigenvalue weighted by Gasteiger charge is -2.28. The van der Waals surface area contributed by atoms with E-state index in [1.807, 2.05) is 90.2 Å². The number of esters is 2. The van der Waals surface area contributed by atoms with Crippen LogP contribution in [0.5, 0.6) is 0 Å². The Morgan fingerprint density at radius 3 is 1.50 bits per heavy atom. The molecule has 8 aromatic rings. The zero-order chi connectivity index (χ0) is 75.3. The number of carbonyl (C=O) groups is 2. The number of nitrogens with zero attached hydrogens (tertiary/aromatic N) is 10. The molecule has 11 N–H and O–H groups in total. The Labute approximate surface area is 618 Å². The second-order valence-corrected chi connectivity index (χ2v) is 31.5. The zero-order valence-corrected chi connectivity index (χ0v) is 62.0. The molecular weight excluding hydrogens is 1580 g/mol. The molecule has 2 aromatic carbocycles. The van der Waals surface area contributed by atoms with E-state index >= 15 is 0 Å². The van der Waals surface area contributed by atoms with Crippen molar-refractivity contribution >= 4 is 105 Å². The summed E-state index contributed by atoms with van der Waals surface area (Å²) in [5.74, 6) is -1.34. The van der Waals surface area contributed by atoms with Crippen LogP contribution < -0.4 is 34.0 Å². The van der Waals surface area contributed by atoms with Crippen LogP contribution in [0.25, 0.3) is 22.3 Å². The number of ether oxygens (including phenoxy) is 8. The lowest BCUT2D eigenvalue weighted by molar-refractivity contribution is -0.146. The molecule has 4 aliphatic rings. The number of carbonyl (C=O) groups excluding carboxylic acids is 2. The first-order valence-corrected chi connectivity index (χ1v) is 39.5. The minimum atomic E-state index is -4.39. The quantitative estimate of drug-likeness (QED) is 0.0111. The van der Waals surface area contributed by atoms with E-state index in [1.165, 1.54) is 57.5 Å². The Balaban J connectivity index is 0.000000195. The van der Waals surface area contributed by atoms with Crippen molar-refractivity contribution in [1.82, 2.24) is 58.1 Å². The van der Waals surface area contributed by atoms with Gasteiger partial charge in [-0.05, 0) is 58.4 Å². The minimum Gasteiger partial charge on any atom is -0.455 e. The van der Waals surface area contributed by atoms with Crippen molar-refractivity contribution in [3.05, 3.63) is 163 Å². The van der Waals surface area contributed by atoms with Crippen LogP contribution in [0, 0.1) is 11.8 Å². The summed E-state index contributed by atoms with van der Waals surface area (Å²) in [4.78, 5) is 112. The second-order valence-electron chi connectivity index (χ2n) is 24.1. The van der Waals surface area contributed by atoms with Crippen LogP contribution in [0.1, 0.15) is 62.7 Å². The van der Waals surface area contributed by atoms with Crippen molar-refractivity contribution in [2.75, 3.05) is 62.7 Å². The van der Waals surface area contributed by atoms with Gasteiger partial charge in [-0.15, -0.1) is 0 Å². The van der Waals surface area contributed by atoms with Gasteiger partial charge in [0, 0.05) is 63.0 Å². The first-order valence-electron chi connectivity index (χ1n) is 32.3. The number of alkyl halides is 1. The van der Waals surface area contributed by atoms with E-state index in [-0.39, 0.29) is 43.0 Å². The molecule has 10 heterocycles. The first kappa shape index (κ1) is 80.3. The normalized spacial score (nSPS) is 26.0. The number of benzene rings is 2. The average molecular weight is 1660 g/mol. The zero-order valence-electron chi connectivity index (χ0n) is 56.4. The molecule has 8 unspecified atom stereocenters. The van der Waals surface area contributed by atoms with Gasteiger partial charge in [-0.3, -0.25) is 61.0 Å². The summed E-state index contributed by atoms with van der Waals surface area (Å²) in [5.41, 5.74) is 12.6. The maximum Gasteiger partial charge on any atom is 0.392 e. The number of methoxy groups -OCH3 is 2. The van der Waals surface area contributed by atoms with Crippen LogP contribution in [0.4, 0.5) is 11.6 Å². The van der Waals surface area contributed by atoms with Crippen LogP contribution in [0.15, 0.2) is 130 Å². The number of hydrogen-bond donors (Lipinski definition) is 9. The number of nitrogen functional groups attached to an aromatic ring is 2. The molecule has 18 atom stereocenters. The second kappa shape index (κ2) is 36.6. The molecule has 105 heavy (non-hydrogen) atoms. The number of nitrogens with two attached hydrogens (primary N) is 2. The molecule has 0 spiro atoms. The maximum atomic E-state index is 14.5. The molecule has 0 amide bonds. The number of aliphatic hydroxyl groups is 4. The van der Waals surface area contributed by atoms with E-state index in [1.54, 1.807) is 16.1 Å². The number of nitrogens with one attached hydrogen (secondary N) is 2. The SMILES string of the molecule is CC(Cc1ccccc1)C(=O)OCI.CO[C@H]1C(OP(=O)(OC[C@H]2O[C@@H](n3cnc4c(N)ncnc43)CC2O)SCOC(=O)C(C)Cc2ccccc2)[C@@H](CO)O[C@H]1n1ccc(=O)[nH]c1=O.CO[C@H]1C(OP(O)(=S)OC[C@H]2O[C@@H](n3cnc4c(N)ncnc43)CC2O)[C@@H](CO)O[C@H]1n1ccc(=O)[nH]c1=O. The standard InChI is InChI=1S/C31H38N7O12PS.C20H26N7O10PS.C11H13IO2/c1-17(10-18-6-4-3-5-7-18)30(42)46-16-52-51(44,50-25-20(12-39)49-29(26(25)45-2)37-9-8-22(41)36-31(37)43)47-13-21-19(40)11-23(48-21)38-15-35-24-27(32)33-14-34-28(24)38;1-33-16-15(10(5-28)36-19(16)26-3-2-12(30)25-20(26)31)37-38(32,39)34-6-11-9(29)4-13(35-11)27-8-24-14-17(21)22-7-23-18(14)27;1-9(11(13)14-8-12)7-10-5-3-2-4-6-10/h3-9,14-15,17,19-21,23,25-26,29,39-40H,10-13,16H2,1-2H3,(H2,32,33,34)(H,36,41,43);2-3,7-11,13,15-16,19,28-29H,4-6H2,1H3,(H,32,39)(H2,21,22,23)(H,25,30,31);2-6,9H,7-8H2,1H3/t17?,19?,20-,21-,23-,25?,26+,29-,51?;9?,10-,11-,13-,15?,16+,19-,38?;/m11./s1. The third-order valence-corrected chi connectivity index (χ3v) is 22.2. The highest BCUT2D eigenvalue weighted by atomic mass is 127. The fourth-order valence-electron chi connectivity index (χ4n) is 11.8. The molecule has 0 radical (unpaired) electrons.